The fraction of sp³-hybridized carbons (Fsp3) is 0.250. The van der Waals surface area contributed by atoms with Crippen LogP contribution < -0.4 is 15.0 Å². The van der Waals surface area contributed by atoms with Gasteiger partial charge < -0.3 is 19.7 Å². The van der Waals surface area contributed by atoms with Gasteiger partial charge in [-0.15, -0.1) is 0 Å². The van der Waals surface area contributed by atoms with Crippen molar-refractivity contribution in [3.63, 3.8) is 0 Å². The van der Waals surface area contributed by atoms with E-state index in [1.165, 1.54) is 5.69 Å². The smallest absolute Gasteiger partial charge is 0.124 e. The third-order valence-corrected chi connectivity index (χ3v) is 5.41. The van der Waals surface area contributed by atoms with Crippen molar-refractivity contribution >= 4 is 23.0 Å². The zero-order valence-corrected chi connectivity index (χ0v) is 17.1. The Bertz CT molecular complexity index is 924. The summed E-state index contributed by atoms with van der Waals surface area (Å²) in [6.45, 7) is 4.63. The number of morpholine rings is 1. The van der Waals surface area contributed by atoms with Crippen molar-refractivity contribution in [2.75, 3.05) is 36.5 Å². The van der Waals surface area contributed by atoms with Crippen LogP contribution in [0.25, 0.3) is 0 Å². The molecule has 1 N–H and O–H groups in total. The van der Waals surface area contributed by atoms with E-state index in [2.05, 4.69) is 40.5 Å². The van der Waals surface area contributed by atoms with E-state index in [0.717, 1.165) is 53.9 Å². The quantitative estimate of drug-likeness (QED) is 0.570. The third kappa shape index (κ3) is 5.22. The van der Waals surface area contributed by atoms with E-state index in [1.54, 1.807) is 0 Å². The standard InChI is InChI=1S/C24H25ClN2O2/c25-23-7-3-1-6-20(23)18-29-24-8-4-2-5-19(24)17-26-21-9-11-22(12-10-21)27-13-15-28-16-14-27/h1-12,26H,13-18H2. The van der Waals surface area contributed by atoms with Crippen LogP contribution in [0.2, 0.25) is 5.02 Å². The van der Waals surface area contributed by atoms with Gasteiger partial charge in [-0.3, -0.25) is 0 Å². The molecular weight excluding hydrogens is 384 g/mol. The molecule has 0 atom stereocenters. The molecule has 1 aliphatic rings. The summed E-state index contributed by atoms with van der Waals surface area (Å²) >= 11 is 6.24. The number of hydrogen-bond donors (Lipinski definition) is 1. The largest absolute Gasteiger partial charge is 0.488 e. The van der Waals surface area contributed by atoms with Gasteiger partial charge in [-0.05, 0) is 36.4 Å². The van der Waals surface area contributed by atoms with Gasteiger partial charge in [-0.1, -0.05) is 48.0 Å². The lowest BCUT2D eigenvalue weighted by molar-refractivity contribution is 0.122. The molecule has 29 heavy (non-hydrogen) atoms. The van der Waals surface area contributed by atoms with Crippen LogP contribution in [-0.4, -0.2) is 26.3 Å². The van der Waals surface area contributed by atoms with Crippen molar-refractivity contribution in [2.45, 2.75) is 13.2 Å². The van der Waals surface area contributed by atoms with Crippen LogP contribution in [0.5, 0.6) is 5.75 Å². The van der Waals surface area contributed by atoms with E-state index in [1.807, 2.05) is 42.5 Å². The predicted molar refractivity (Wildman–Crippen MR) is 119 cm³/mol. The number of rotatable bonds is 7. The summed E-state index contributed by atoms with van der Waals surface area (Å²) < 4.78 is 11.5. The fourth-order valence-corrected chi connectivity index (χ4v) is 3.56. The highest BCUT2D eigenvalue weighted by Crippen LogP contribution is 2.24. The van der Waals surface area contributed by atoms with Gasteiger partial charge in [-0.25, -0.2) is 0 Å². The maximum atomic E-state index is 6.24. The molecule has 1 heterocycles. The Kier molecular flexibility index (Phi) is 6.55. The summed E-state index contributed by atoms with van der Waals surface area (Å²) in [4.78, 5) is 2.35. The zero-order valence-electron chi connectivity index (χ0n) is 16.3. The van der Waals surface area contributed by atoms with Crippen molar-refractivity contribution in [1.29, 1.82) is 0 Å². The number of benzene rings is 3. The molecule has 150 valence electrons. The minimum Gasteiger partial charge on any atom is -0.488 e. The molecule has 4 nitrogen and oxygen atoms in total. The van der Waals surface area contributed by atoms with Crippen LogP contribution in [0, 0.1) is 0 Å². The molecule has 0 aliphatic carbocycles. The molecule has 3 aromatic carbocycles. The first kappa shape index (κ1) is 19.6. The molecule has 0 unspecified atom stereocenters. The van der Waals surface area contributed by atoms with Gasteiger partial charge in [0.25, 0.3) is 0 Å². The Hall–Kier alpha value is -2.69. The molecule has 0 amide bonds. The zero-order chi connectivity index (χ0) is 19.9. The molecule has 0 spiro atoms. The van der Waals surface area contributed by atoms with Crippen molar-refractivity contribution < 1.29 is 9.47 Å². The number of hydrogen-bond acceptors (Lipinski definition) is 4. The molecule has 1 saturated heterocycles. The minimum atomic E-state index is 0.449. The molecule has 0 bridgehead atoms. The SMILES string of the molecule is Clc1ccccc1COc1ccccc1CNc1ccc(N2CCOCC2)cc1. The maximum absolute atomic E-state index is 6.24. The van der Waals surface area contributed by atoms with Crippen LogP contribution in [-0.2, 0) is 17.9 Å². The molecule has 3 aromatic rings. The number of ether oxygens (including phenoxy) is 2. The van der Waals surface area contributed by atoms with Gasteiger partial charge in [0.05, 0.1) is 13.2 Å². The number of para-hydroxylation sites is 1. The van der Waals surface area contributed by atoms with Gasteiger partial charge >= 0.3 is 0 Å². The Morgan fingerprint density at radius 2 is 1.55 bits per heavy atom. The molecule has 5 heteroatoms. The average molecular weight is 409 g/mol. The van der Waals surface area contributed by atoms with Crippen molar-refractivity contribution in [2.24, 2.45) is 0 Å². The van der Waals surface area contributed by atoms with Crippen LogP contribution in [0.4, 0.5) is 11.4 Å². The molecule has 0 saturated carbocycles. The van der Waals surface area contributed by atoms with Crippen molar-refractivity contribution in [1.82, 2.24) is 0 Å². The Balaban J connectivity index is 1.36. The lowest BCUT2D eigenvalue weighted by Gasteiger charge is -2.29. The molecule has 1 fully saturated rings. The first-order valence-corrected chi connectivity index (χ1v) is 10.3. The lowest BCUT2D eigenvalue weighted by Crippen LogP contribution is -2.36. The van der Waals surface area contributed by atoms with Crippen LogP contribution in [0.3, 0.4) is 0 Å². The summed E-state index contributed by atoms with van der Waals surface area (Å²) in [5.41, 5.74) is 4.41. The van der Waals surface area contributed by atoms with E-state index < -0.39 is 0 Å². The van der Waals surface area contributed by atoms with E-state index in [-0.39, 0.29) is 0 Å². The molecule has 0 aromatic heterocycles. The Morgan fingerprint density at radius 3 is 2.31 bits per heavy atom. The predicted octanol–water partition coefficient (Wildman–Crippen LogP) is 5.37. The monoisotopic (exact) mass is 408 g/mol. The topological polar surface area (TPSA) is 33.7 Å². The van der Waals surface area contributed by atoms with Gasteiger partial charge in [0.2, 0.25) is 0 Å². The van der Waals surface area contributed by atoms with E-state index in [9.17, 15) is 0 Å². The van der Waals surface area contributed by atoms with Crippen LogP contribution in [0.15, 0.2) is 72.8 Å². The van der Waals surface area contributed by atoms with E-state index in [4.69, 9.17) is 21.1 Å². The van der Waals surface area contributed by atoms with Crippen molar-refractivity contribution in [3.8, 4) is 5.75 Å². The summed E-state index contributed by atoms with van der Waals surface area (Å²) in [5.74, 6) is 0.866. The average Bonchev–Trinajstić information content (AvgIpc) is 2.79. The molecular formula is C24H25ClN2O2. The highest BCUT2D eigenvalue weighted by atomic mass is 35.5. The van der Waals surface area contributed by atoms with Gasteiger partial charge in [0.1, 0.15) is 12.4 Å². The second-order valence-corrected chi connectivity index (χ2v) is 7.39. The number of nitrogens with zero attached hydrogens (tertiary/aromatic N) is 1. The highest BCUT2D eigenvalue weighted by molar-refractivity contribution is 6.31. The van der Waals surface area contributed by atoms with Crippen LogP contribution >= 0.6 is 11.6 Å². The lowest BCUT2D eigenvalue weighted by atomic mass is 10.2. The molecule has 4 rings (SSSR count). The Morgan fingerprint density at radius 1 is 0.862 bits per heavy atom. The number of halogens is 1. The summed E-state index contributed by atoms with van der Waals surface area (Å²) in [5, 5.41) is 4.22. The maximum Gasteiger partial charge on any atom is 0.124 e. The highest BCUT2D eigenvalue weighted by Gasteiger charge is 2.11. The fourth-order valence-electron chi connectivity index (χ4n) is 3.37. The normalized spacial score (nSPS) is 13.9. The van der Waals surface area contributed by atoms with E-state index >= 15 is 0 Å². The summed E-state index contributed by atoms with van der Waals surface area (Å²) in [7, 11) is 0. The number of nitrogens with one attached hydrogen (secondary N) is 1. The summed E-state index contributed by atoms with van der Waals surface area (Å²) in [6, 6.07) is 24.4. The number of anilines is 2. The van der Waals surface area contributed by atoms with Gasteiger partial charge in [0.15, 0.2) is 0 Å². The Labute approximate surface area is 177 Å². The summed E-state index contributed by atoms with van der Waals surface area (Å²) in [6.07, 6.45) is 0. The van der Waals surface area contributed by atoms with E-state index in [0.29, 0.717) is 13.2 Å². The first-order valence-electron chi connectivity index (χ1n) is 9.90. The molecule has 1 aliphatic heterocycles. The van der Waals surface area contributed by atoms with Gasteiger partial charge in [-0.2, -0.15) is 0 Å². The first-order chi connectivity index (χ1) is 14.3. The van der Waals surface area contributed by atoms with Gasteiger partial charge in [0, 0.05) is 47.2 Å². The second-order valence-electron chi connectivity index (χ2n) is 6.99. The van der Waals surface area contributed by atoms with Crippen LogP contribution in [0.1, 0.15) is 11.1 Å². The molecule has 0 radical (unpaired) electrons. The third-order valence-electron chi connectivity index (χ3n) is 5.04. The second kappa shape index (κ2) is 9.68. The van der Waals surface area contributed by atoms with Crippen molar-refractivity contribution in [3.05, 3.63) is 88.9 Å². The minimum absolute atomic E-state index is 0.449.